The summed E-state index contributed by atoms with van der Waals surface area (Å²) < 4.78 is 0. The Bertz CT molecular complexity index is 633. The van der Waals surface area contributed by atoms with Gasteiger partial charge in [-0.25, -0.2) is 0 Å². The lowest BCUT2D eigenvalue weighted by Crippen LogP contribution is -2.42. The molecule has 4 rings (SSSR count). The molecule has 1 saturated heterocycles. The van der Waals surface area contributed by atoms with E-state index < -0.39 is 0 Å². The van der Waals surface area contributed by atoms with Crippen LogP contribution in [0, 0.1) is 5.92 Å². The minimum Gasteiger partial charge on any atom is -0.314 e. The van der Waals surface area contributed by atoms with E-state index in [1.165, 1.54) is 56.3 Å². The average molecular weight is 332 g/mol. The molecule has 4 heteroatoms. The molecule has 0 unspecified atom stereocenters. The van der Waals surface area contributed by atoms with Gasteiger partial charge in [0.25, 0.3) is 0 Å². The summed E-state index contributed by atoms with van der Waals surface area (Å²) in [5.41, 5.74) is 2.50. The molecule has 1 aromatic carbocycles. The number of piperidine rings is 1. The van der Waals surface area contributed by atoms with E-state index in [1.807, 2.05) is 12.3 Å². The van der Waals surface area contributed by atoms with Gasteiger partial charge in [-0.1, -0.05) is 12.1 Å². The van der Waals surface area contributed by atoms with Crippen LogP contribution in [0.4, 0.5) is 0 Å². The zero-order valence-electron chi connectivity index (χ0n) is 13.6. The van der Waals surface area contributed by atoms with Gasteiger partial charge in [-0.15, -0.1) is 12.4 Å². The standard InChI is InChI=1S/C19H25N3.ClH/c1-2-17-12-16(5-6-19(17)20-9-1)14-22-10-7-18(8-11-22)21-13-15-3-4-15;/h1-2,5-6,9,12,15,18,21H,3-4,7-8,10-11,13-14H2;1H. The molecule has 0 atom stereocenters. The maximum atomic E-state index is 4.40. The van der Waals surface area contributed by atoms with Crippen LogP contribution in [0.15, 0.2) is 36.5 Å². The monoisotopic (exact) mass is 331 g/mol. The molecule has 0 bridgehead atoms. The number of nitrogens with zero attached hydrogens (tertiary/aromatic N) is 2. The fourth-order valence-corrected chi connectivity index (χ4v) is 3.43. The summed E-state index contributed by atoms with van der Waals surface area (Å²) in [6.07, 6.45) is 7.34. The maximum Gasteiger partial charge on any atom is 0.0702 e. The number of hydrogen-bond donors (Lipinski definition) is 1. The number of nitrogens with one attached hydrogen (secondary N) is 1. The normalized spacial score (nSPS) is 19.7. The van der Waals surface area contributed by atoms with Crippen molar-refractivity contribution in [3.05, 3.63) is 42.1 Å². The summed E-state index contributed by atoms with van der Waals surface area (Å²) >= 11 is 0. The minimum atomic E-state index is 0. The van der Waals surface area contributed by atoms with E-state index in [0.29, 0.717) is 0 Å². The van der Waals surface area contributed by atoms with Crippen LogP contribution in [-0.2, 0) is 6.54 Å². The zero-order chi connectivity index (χ0) is 14.8. The van der Waals surface area contributed by atoms with Gasteiger partial charge in [-0.2, -0.15) is 0 Å². The van der Waals surface area contributed by atoms with E-state index >= 15 is 0 Å². The molecular formula is C19H26ClN3. The average Bonchev–Trinajstić information content (AvgIpc) is 3.38. The molecule has 124 valence electrons. The third kappa shape index (κ3) is 4.43. The molecule has 2 aromatic rings. The van der Waals surface area contributed by atoms with Crippen molar-refractivity contribution >= 4 is 23.3 Å². The first kappa shape index (κ1) is 16.7. The predicted octanol–water partition coefficient (Wildman–Crippen LogP) is 3.62. The largest absolute Gasteiger partial charge is 0.314 e. The van der Waals surface area contributed by atoms with Crippen molar-refractivity contribution in [1.82, 2.24) is 15.2 Å². The second-order valence-corrected chi connectivity index (χ2v) is 6.93. The van der Waals surface area contributed by atoms with Gasteiger partial charge in [0.1, 0.15) is 0 Å². The molecule has 2 heterocycles. The number of fused-ring (bicyclic) bond motifs is 1. The fraction of sp³-hybridized carbons (Fsp3) is 0.526. The molecule has 2 fully saturated rings. The summed E-state index contributed by atoms with van der Waals surface area (Å²) in [6, 6.07) is 11.6. The van der Waals surface area contributed by atoms with Crippen molar-refractivity contribution in [1.29, 1.82) is 0 Å². The summed E-state index contributed by atoms with van der Waals surface area (Å²) in [5.74, 6) is 0.990. The van der Waals surface area contributed by atoms with Gasteiger partial charge in [0.05, 0.1) is 5.52 Å². The number of rotatable bonds is 5. The van der Waals surface area contributed by atoms with Gasteiger partial charge in [0.2, 0.25) is 0 Å². The molecule has 0 spiro atoms. The lowest BCUT2D eigenvalue weighted by molar-refractivity contribution is 0.190. The molecule has 0 radical (unpaired) electrons. The van der Waals surface area contributed by atoms with Gasteiger partial charge in [-0.05, 0) is 75.0 Å². The predicted molar refractivity (Wildman–Crippen MR) is 98.0 cm³/mol. The number of benzene rings is 1. The number of halogens is 1. The molecule has 2 aliphatic rings. The summed E-state index contributed by atoms with van der Waals surface area (Å²) in [6.45, 7) is 4.75. The quantitative estimate of drug-likeness (QED) is 0.907. The van der Waals surface area contributed by atoms with Crippen molar-refractivity contribution in [3.63, 3.8) is 0 Å². The van der Waals surface area contributed by atoms with Crippen LogP contribution in [0.5, 0.6) is 0 Å². The molecule has 1 aliphatic carbocycles. The fourth-order valence-electron chi connectivity index (χ4n) is 3.43. The van der Waals surface area contributed by atoms with Crippen molar-refractivity contribution < 1.29 is 0 Å². The van der Waals surface area contributed by atoms with E-state index in [-0.39, 0.29) is 12.4 Å². The molecule has 1 aliphatic heterocycles. The van der Waals surface area contributed by atoms with E-state index in [9.17, 15) is 0 Å². The van der Waals surface area contributed by atoms with Gasteiger partial charge in [-0.3, -0.25) is 9.88 Å². The van der Waals surface area contributed by atoms with E-state index in [4.69, 9.17) is 0 Å². The van der Waals surface area contributed by atoms with Crippen LogP contribution in [0.25, 0.3) is 10.9 Å². The highest BCUT2D eigenvalue weighted by atomic mass is 35.5. The highest BCUT2D eigenvalue weighted by Crippen LogP contribution is 2.28. The highest BCUT2D eigenvalue weighted by molar-refractivity contribution is 5.85. The van der Waals surface area contributed by atoms with Crippen LogP contribution in [0.2, 0.25) is 0 Å². The first-order chi connectivity index (χ1) is 10.9. The minimum absolute atomic E-state index is 0. The van der Waals surface area contributed by atoms with Gasteiger partial charge in [0.15, 0.2) is 0 Å². The summed E-state index contributed by atoms with van der Waals surface area (Å²) in [4.78, 5) is 6.99. The summed E-state index contributed by atoms with van der Waals surface area (Å²) in [5, 5.41) is 5.01. The van der Waals surface area contributed by atoms with Crippen molar-refractivity contribution in [2.45, 2.75) is 38.3 Å². The topological polar surface area (TPSA) is 28.2 Å². The maximum absolute atomic E-state index is 4.40. The Morgan fingerprint density at radius 3 is 2.70 bits per heavy atom. The number of pyridine rings is 1. The van der Waals surface area contributed by atoms with Gasteiger partial charge >= 0.3 is 0 Å². The molecule has 3 nitrogen and oxygen atoms in total. The Morgan fingerprint density at radius 2 is 1.91 bits per heavy atom. The molecule has 23 heavy (non-hydrogen) atoms. The first-order valence-corrected chi connectivity index (χ1v) is 8.66. The lowest BCUT2D eigenvalue weighted by atomic mass is 10.0. The van der Waals surface area contributed by atoms with Crippen LogP contribution < -0.4 is 5.32 Å². The van der Waals surface area contributed by atoms with Crippen molar-refractivity contribution in [2.75, 3.05) is 19.6 Å². The van der Waals surface area contributed by atoms with Crippen LogP contribution >= 0.6 is 12.4 Å². The molecule has 1 N–H and O–H groups in total. The lowest BCUT2D eigenvalue weighted by Gasteiger charge is -2.32. The van der Waals surface area contributed by atoms with Crippen LogP contribution in [0.1, 0.15) is 31.2 Å². The van der Waals surface area contributed by atoms with Crippen molar-refractivity contribution in [2.24, 2.45) is 5.92 Å². The second kappa shape index (κ2) is 7.61. The van der Waals surface area contributed by atoms with Crippen molar-refractivity contribution in [3.8, 4) is 0 Å². The van der Waals surface area contributed by atoms with Gasteiger partial charge in [0, 0.05) is 24.2 Å². The second-order valence-electron chi connectivity index (χ2n) is 6.93. The van der Waals surface area contributed by atoms with E-state index in [2.05, 4.69) is 39.5 Å². The third-order valence-electron chi connectivity index (χ3n) is 5.05. The Kier molecular flexibility index (Phi) is 5.52. The summed E-state index contributed by atoms with van der Waals surface area (Å²) in [7, 11) is 0. The van der Waals surface area contributed by atoms with Crippen LogP contribution in [0.3, 0.4) is 0 Å². The van der Waals surface area contributed by atoms with E-state index in [1.54, 1.807) is 0 Å². The van der Waals surface area contributed by atoms with Gasteiger partial charge < -0.3 is 5.32 Å². The Balaban J connectivity index is 0.00000156. The zero-order valence-corrected chi connectivity index (χ0v) is 14.4. The highest BCUT2D eigenvalue weighted by Gasteiger charge is 2.24. The Hall–Kier alpha value is -1.16. The Labute approximate surface area is 144 Å². The van der Waals surface area contributed by atoms with E-state index in [0.717, 1.165) is 24.0 Å². The number of likely N-dealkylation sites (tertiary alicyclic amines) is 1. The Morgan fingerprint density at radius 1 is 1.09 bits per heavy atom. The molecule has 1 saturated carbocycles. The first-order valence-electron chi connectivity index (χ1n) is 8.66. The SMILES string of the molecule is Cl.c1cnc2ccc(CN3CCC(NCC4CC4)CC3)cc2c1. The molecular weight excluding hydrogens is 306 g/mol. The molecule has 1 aromatic heterocycles. The number of hydrogen-bond acceptors (Lipinski definition) is 3. The molecule has 0 amide bonds. The van der Waals surface area contributed by atoms with Crippen LogP contribution in [-0.4, -0.2) is 35.6 Å². The smallest absolute Gasteiger partial charge is 0.0702 e. The third-order valence-corrected chi connectivity index (χ3v) is 5.05. The number of aromatic nitrogens is 1.